The number of hydrogen-bond acceptors (Lipinski definition) is 3. The van der Waals surface area contributed by atoms with Gasteiger partial charge in [-0.25, -0.2) is 0 Å². The first-order valence-corrected chi connectivity index (χ1v) is 6.87. The second kappa shape index (κ2) is 6.68. The predicted molar refractivity (Wildman–Crippen MR) is 78.3 cm³/mol. The molecule has 1 heterocycles. The molecular weight excluding hydrogens is 306 g/mol. The molecule has 0 amide bonds. The van der Waals surface area contributed by atoms with Crippen LogP contribution in [0.25, 0.3) is 0 Å². The van der Waals surface area contributed by atoms with Crippen LogP contribution in [0.15, 0.2) is 47.2 Å². The van der Waals surface area contributed by atoms with Crippen LogP contribution in [0.2, 0.25) is 0 Å². The van der Waals surface area contributed by atoms with Gasteiger partial charge in [-0.3, -0.25) is 4.98 Å². The molecular formula is C15H16BrNO2. The maximum atomic E-state index is 10.1. The van der Waals surface area contributed by atoms with E-state index in [2.05, 4.69) is 20.9 Å². The first kappa shape index (κ1) is 14.0. The zero-order chi connectivity index (χ0) is 13.7. The lowest BCUT2D eigenvalue weighted by atomic mass is 10.0. The van der Waals surface area contributed by atoms with Gasteiger partial charge in [0, 0.05) is 23.3 Å². The molecule has 2 rings (SSSR count). The predicted octanol–water partition coefficient (Wildman–Crippen LogP) is 3.00. The Balaban J connectivity index is 1.95. The summed E-state index contributed by atoms with van der Waals surface area (Å²) >= 11 is 3.38. The normalized spacial score (nSPS) is 12.2. The van der Waals surface area contributed by atoms with Crippen molar-refractivity contribution in [3.05, 3.63) is 58.3 Å². The van der Waals surface area contributed by atoms with E-state index in [0.29, 0.717) is 12.8 Å². The van der Waals surface area contributed by atoms with Gasteiger partial charge < -0.3 is 9.84 Å². The van der Waals surface area contributed by atoms with E-state index in [1.54, 1.807) is 19.5 Å². The van der Waals surface area contributed by atoms with Gasteiger partial charge in [-0.15, -0.1) is 0 Å². The van der Waals surface area contributed by atoms with E-state index in [4.69, 9.17) is 4.74 Å². The number of aliphatic hydroxyl groups is 1. The summed E-state index contributed by atoms with van der Waals surface area (Å²) in [6.45, 7) is 0. The van der Waals surface area contributed by atoms with Gasteiger partial charge in [-0.1, -0.05) is 12.1 Å². The van der Waals surface area contributed by atoms with Crippen molar-refractivity contribution in [1.29, 1.82) is 0 Å². The number of halogens is 1. The van der Waals surface area contributed by atoms with E-state index in [1.807, 2.05) is 30.3 Å². The summed E-state index contributed by atoms with van der Waals surface area (Å²) in [6, 6.07) is 9.73. The number of ether oxygens (including phenoxy) is 1. The topological polar surface area (TPSA) is 42.4 Å². The number of hydrogen-bond donors (Lipinski definition) is 1. The molecule has 1 unspecified atom stereocenters. The Labute approximate surface area is 121 Å². The fourth-order valence-corrected chi connectivity index (χ4v) is 2.36. The zero-order valence-electron chi connectivity index (χ0n) is 10.7. The highest BCUT2D eigenvalue weighted by Crippen LogP contribution is 2.15. The van der Waals surface area contributed by atoms with Crippen LogP contribution in [0.1, 0.15) is 11.1 Å². The van der Waals surface area contributed by atoms with Crippen LogP contribution in [-0.2, 0) is 12.8 Å². The molecule has 0 saturated heterocycles. The minimum Gasteiger partial charge on any atom is -0.497 e. The Hall–Kier alpha value is -1.39. The van der Waals surface area contributed by atoms with Crippen LogP contribution in [0, 0.1) is 0 Å². The number of methoxy groups -OCH3 is 1. The van der Waals surface area contributed by atoms with Crippen molar-refractivity contribution in [3.8, 4) is 5.75 Å². The zero-order valence-corrected chi connectivity index (χ0v) is 12.3. The summed E-state index contributed by atoms with van der Waals surface area (Å²) < 4.78 is 6.04. The molecule has 2 aromatic rings. The number of rotatable bonds is 5. The Kier molecular flexibility index (Phi) is 4.93. The van der Waals surface area contributed by atoms with Gasteiger partial charge in [0.25, 0.3) is 0 Å². The Morgan fingerprint density at radius 1 is 1.16 bits per heavy atom. The van der Waals surface area contributed by atoms with E-state index in [-0.39, 0.29) is 0 Å². The van der Waals surface area contributed by atoms with Crippen molar-refractivity contribution in [1.82, 2.24) is 4.98 Å². The summed E-state index contributed by atoms with van der Waals surface area (Å²) in [5.41, 5.74) is 2.12. The van der Waals surface area contributed by atoms with Crippen molar-refractivity contribution in [2.24, 2.45) is 0 Å². The average Bonchev–Trinajstić information content (AvgIpc) is 2.39. The third kappa shape index (κ3) is 4.33. The molecule has 1 atom stereocenters. The first-order chi connectivity index (χ1) is 9.17. The molecule has 0 aliphatic heterocycles. The molecule has 3 nitrogen and oxygen atoms in total. The molecule has 0 aliphatic carbocycles. The summed E-state index contributed by atoms with van der Waals surface area (Å²) in [4.78, 5) is 4.09. The van der Waals surface area contributed by atoms with Gasteiger partial charge >= 0.3 is 0 Å². The summed E-state index contributed by atoms with van der Waals surface area (Å²) in [6.07, 6.45) is 4.32. The third-order valence-corrected chi connectivity index (χ3v) is 3.30. The number of pyridine rings is 1. The largest absolute Gasteiger partial charge is 0.497 e. The summed E-state index contributed by atoms with van der Waals surface area (Å²) in [5, 5.41) is 10.1. The van der Waals surface area contributed by atoms with Crippen LogP contribution in [0.3, 0.4) is 0 Å². The second-order valence-electron chi connectivity index (χ2n) is 4.42. The number of benzene rings is 1. The lowest BCUT2D eigenvalue weighted by molar-refractivity contribution is 0.175. The maximum absolute atomic E-state index is 10.1. The standard InChI is InChI=1S/C15H16BrNO2/c1-19-15-4-2-11(3-5-15)7-14(18)8-12-6-13(16)10-17-9-12/h2-6,9-10,14,18H,7-8H2,1H3. The summed E-state index contributed by atoms with van der Waals surface area (Å²) in [7, 11) is 1.64. The van der Waals surface area contributed by atoms with Crippen LogP contribution in [0.4, 0.5) is 0 Å². The van der Waals surface area contributed by atoms with Crippen molar-refractivity contribution in [3.63, 3.8) is 0 Å². The SMILES string of the molecule is COc1ccc(CC(O)Cc2cncc(Br)c2)cc1. The highest BCUT2D eigenvalue weighted by molar-refractivity contribution is 9.10. The van der Waals surface area contributed by atoms with Crippen LogP contribution < -0.4 is 4.74 Å². The van der Waals surface area contributed by atoms with Gasteiger partial charge in [0.2, 0.25) is 0 Å². The molecule has 19 heavy (non-hydrogen) atoms. The molecule has 1 N–H and O–H groups in total. The Morgan fingerprint density at radius 3 is 2.47 bits per heavy atom. The van der Waals surface area contributed by atoms with E-state index in [9.17, 15) is 5.11 Å². The van der Waals surface area contributed by atoms with Gasteiger partial charge in [0.1, 0.15) is 5.75 Å². The molecule has 100 valence electrons. The number of nitrogens with zero attached hydrogens (tertiary/aromatic N) is 1. The van der Waals surface area contributed by atoms with Crippen molar-refractivity contribution in [2.45, 2.75) is 18.9 Å². The second-order valence-corrected chi connectivity index (χ2v) is 5.34. The van der Waals surface area contributed by atoms with Gasteiger partial charge in [0.05, 0.1) is 13.2 Å². The highest BCUT2D eigenvalue weighted by atomic mass is 79.9. The van der Waals surface area contributed by atoms with E-state index in [1.165, 1.54) is 0 Å². The fourth-order valence-electron chi connectivity index (χ4n) is 1.95. The molecule has 0 bridgehead atoms. The molecule has 4 heteroatoms. The van der Waals surface area contributed by atoms with Crippen molar-refractivity contribution >= 4 is 15.9 Å². The fraction of sp³-hybridized carbons (Fsp3) is 0.267. The number of aliphatic hydroxyl groups excluding tert-OH is 1. The van der Waals surface area contributed by atoms with E-state index >= 15 is 0 Å². The molecule has 0 spiro atoms. The maximum Gasteiger partial charge on any atom is 0.118 e. The van der Waals surface area contributed by atoms with Gasteiger partial charge in [-0.05, 0) is 51.7 Å². The summed E-state index contributed by atoms with van der Waals surface area (Å²) in [5.74, 6) is 0.828. The molecule has 0 fully saturated rings. The van der Waals surface area contributed by atoms with E-state index in [0.717, 1.165) is 21.3 Å². The van der Waals surface area contributed by atoms with Crippen LogP contribution >= 0.6 is 15.9 Å². The molecule has 0 radical (unpaired) electrons. The van der Waals surface area contributed by atoms with Crippen LogP contribution in [0.5, 0.6) is 5.75 Å². The minimum absolute atomic E-state index is 0.413. The Bertz CT molecular complexity index is 528. The first-order valence-electron chi connectivity index (χ1n) is 6.08. The highest BCUT2D eigenvalue weighted by Gasteiger charge is 2.08. The third-order valence-electron chi connectivity index (χ3n) is 2.86. The molecule has 0 aliphatic rings. The van der Waals surface area contributed by atoms with E-state index < -0.39 is 6.10 Å². The quantitative estimate of drug-likeness (QED) is 0.920. The molecule has 1 aromatic carbocycles. The van der Waals surface area contributed by atoms with Crippen LogP contribution in [-0.4, -0.2) is 23.3 Å². The lowest BCUT2D eigenvalue weighted by Gasteiger charge is -2.11. The minimum atomic E-state index is -0.413. The van der Waals surface area contributed by atoms with Crippen molar-refractivity contribution < 1.29 is 9.84 Å². The van der Waals surface area contributed by atoms with Gasteiger partial charge in [-0.2, -0.15) is 0 Å². The van der Waals surface area contributed by atoms with Crippen molar-refractivity contribution in [2.75, 3.05) is 7.11 Å². The molecule has 1 aromatic heterocycles. The Morgan fingerprint density at radius 2 is 1.84 bits per heavy atom. The molecule has 0 saturated carbocycles. The lowest BCUT2D eigenvalue weighted by Crippen LogP contribution is -2.14. The number of aromatic nitrogens is 1. The van der Waals surface area contributed by atoms with Gasteiger partial charge in [0.15, 0.2) is 0 Å². The average molecular weight is 322 g/mol. The monoisotopic (exact) mass is 321 g/mol. The smallest absolute Gasteiger partial charge is 0.118 e.